The largest absolute Gasteiger partial charge is 0.491 e. The van der Waals surface area contributed by atoms with Gasteiger partial charge in [-0.2, -0.15) is 0 Å². The molecule has 0 unspecified atom stereocenters. The van der Waals surface area contributed by atoms with Gasteiger partial charge in [0.1, 0.15) is 17.1 Å². The van der Waals surface area contributed by atoms with Crippen LogP contribution in [0.25, 0.3) is 0 Å². The first-order valence-corrected chi connectivity index (χ1v) is 7.05. The van der Waals surface area contributed by atoms with Crippen LogP contribution >= 0.6 is 0 Å². The van der Waals surface area contributed by atoms with Crippen molar-refractivity contribution in [3.05, 3.63) is 24.0 Å². The van der Waals surface area contributed by atoms with Crippen molar-refractivity contribution in [1.29, 1.82) is 0 Å². The number of halogens is 1. The van der Waals surface area contributed by atoms with E-state index in [1.165, 1.54) is 12.1 Å². The fourth-order valence-corrected chi connectivity index (χ4v) is 2.15. The highest BCUT2D eigenvalue weighted by Gasteiger charge is 2.36. The first kappa shape index (κ1) is 15.7. The molecule has 1 saturated heterocycles. The predicted octanol–water partition coefficient (Wildman–Crippen LogP) is 2.06. The molecular weight excluding hydrogens is 275 g/mol. The Hall–Kier alpha value is -1.66. The van der Waals surface area contributed by atoms with Crippen LogP contribution < -0.4 is 15.8 Å². The molecule has 0 atom stereocenters. The van der Waals surface area contributed by atoms with Crippen LogP contribution in [0.15, 0.2) is 18.2 Å². The summed E-state index contributed by atoms with van der Waals surface area (Å²) in [5, 5.41) is 2.55. The van der Waals surface area contributed by atoms with Crippen LogP contribution in [0.4, 0.5) is 10.1 Å². The normalized spacial score (nSPS) is 17.6. The second-order valence-electron chi connectivity index (χ2n) is 5.53. The van der Waals surface area contributed by atoms with Crippen LogP contribution in [0, 0.1) is 5.82 Å². The van der Waals surface area contributed by atoms with Crippen molar-refractivity contribution in [3.63, 3.8) is 0 Å². The Morgan fingerprint density at radius 2 is 2.10 bits per heavy atom. The van der Waals surface area contributed by atoms with Crippen LogP contribution in [0.1, 0.15) is 26.7 Å². The topological polar surface area (TPSA) is 73.6 Å². The molecular formula is C15H21FN2O3. The molecule has 0 saturated carbocycles. The summed E-state index contributed by atoms with van der Waals surface area (Å²) in [4.78, 5) is 12.2. The molecule has 1 amide bonds. The maximum atomic E-state index is 14.0. The Morgan fingerprint density at radius 3 is 2.67 bits per heavy atom. The second kappa shape index (κ2) is 6.41. The van der Waals surface area contributed by atoms with Crippen molar-refractivity contribution < 1.29 is 18.7 Å². The maximum absolute atomic E-state index is 14.0. The van der Waals surface area contributed by atoms with E-state index in [2.05, 4.69) is 5.32 Å². The van der Waals surface area contributed by atoms with Gasteiger partial charge in [-0.25, -0.2) is 4.39 Å². The molecule has 21 heavy (non-hydrogen) atoms. The highest BCUT2D eigenvalue weighted by Crippen LogP contribution is 2.24. The average Bonchev–Trinajstić information content (AvgIpc) is 2.42. The molecule has 0 bridgehead atoms. The summed E-state index contributed by atoms with van der Waals surface area (Å²) in [6, 6.07) is 4.35. The number of carbonyl (C=O) groups excluding carboxylic acids is 1. The highest BCUT2D eigenvalue weighted by molar-refractivity contribution is 5.98. The van der Waals surface area contributed by atoms with Crippen molar-refractivity contribution >= 4 is 11.6 Å². The van der Waals surface area contributed by atoms with E-state index in [0.717, 1.165) is 0 Å². The Bertz CT molecular complexity index is 514. The number of benzene rings is 1. The summed E-state index contributed by atoms with van der Waals surface area (Å²) >= 11 is 0. The van der Waals surface area contributed by atoms with Crippen molar-refractivity contribution in [3.8, 4) is 5.75 Å². The molecule has 3 N–H and O–H groups in total. The maximum Gasteiger partial charge on any atom is 0.244 e. The van der Waals surface area contributed by atoms with Gasteiger partial charge in [-0.15, -0.1) is 0 Å². The van der Waals surface area contributed by atoms with Gasteiger partial charge in [-0.3, -0.25) is 4.79 Å². The van der Waals surface area contributed by atoms with Crippen molar-refractivity contribution in [2.24, 2.45) is 5.73 Å². The summed E-state index contributed by atoms with van der Waals surface area (Å²) in [5.74, 6) is -0.506. The number of hydrogen-bond acceptors (Lipinski definition) is 4. The van der Waals surface area contributed by atoms with E-state index in [0.29, 0.717) is 31.8 Å². The van der Waals surface area contributed by atoms with Gasteiger partial charge in [0.2, 0.25) is 5.91 Å². The molecule has 0 aliphatic carbocycles. The molecule has 1 aliphatic heterocycles. The van der Waals surface area contributed by atoms with Crippen LogP contribution in [0.2, 0.25) is 0 Å². The third kappa shape index (κ3) is 3.92. The Labute approximate surface area is 123 Å². The van der Waals surface area contributed by atoms with E-state index < -0.39 is 11.4 Å². The van der Waals surface area contributed by atoms with Gasteiger partial charge in [0.15, 0.2) is 0 Å². The van der Waals surface area contributed by atoms with Crippen molar-refractivity contribution in [2.45, 2.75) is 38.3 Å². The molecule has 1 heterocycles. The van der Waals surface area contributed by atoms with Gasteiger partial charge in [0, 0.05) is 19.3 Å². The number of anilines is 1. The summed E-state index contributed by atoms with van der Waals surface area (Å²) in [7, 11) is 0. The number of nitrogens with one attached hydrogen (secondary N) is 1. The molecule has 0 spiro atoms. The summed E-state index contributed by atoms with van der Waals surface area (Å²) in [5.41, 5.74) is 5.16. The van der Waals surface area contributed by atoms with E-state index >= 15 is 0 Å². The third-order valence-corrected chi connectivity index (χ3v) is 3.40. The van der Waals surface area contributed by atoms with Crippen molar-refractivity contribution in [2.75, 3.05) is 18.5 Å². The lowest BCUT2D eigenvalue weighted by Gasteiger charge is -2.31. The SMILES string of the molecule is CC(C)Oc1ccc(NC(=O)C2(N)CCOCC2)c(F)c1. The number of ether oxygens (including phenoxy) is 2. The number of rotatable bonds is 4. The van der Waals surface area contributed by atoms with Gasteiger partial charge in [-0.1, -0.05) is 0 Å². The summed E-state index contributed by atoms with van der Waals surface area (Å²) < 4.78 is 24.6. The quantitative estimate of drug-likeness (QED) is 0.892. The smallest absolute Gasteiger partial charge is 0.244 e. The number of amides is 1. The molecule has 0 radical (unpaired) electrons. The Kier molecular flexibility index (Phi) is 4.80. The minimum absolute atomic E-state index is 0.0422. The van der Waals surface area contributed by atoms with Gasteiger partial charge in [0.05, 0.1) is 11.8 Å². The van der Waals surface area contributed by atoms with Gasteiger partial charge >= 0.3 is 0 Å². The minimum Gasteiger partial charge on any atom is -0.491 e. The number of nitrogens with two attached hydrogens (primary N) is 1. The van der Waals surface area contributed by atoms with Crippen LogP contribution in [0.3, 0.4) is 0 Å². The average molecular weight is 296 g/mol. The lowest BCUT2D eigenvalue weighted by atomic mass is 9.90. The van der Waals surface area contributed by atoms with Crippen molar-refractivity contribution in [1.82, 2.24) is 0 Å². The van der Waals surface area contributed by atoms with E-state index in [9.17, 15) is 9.18 Å². The first-order chi connectivity index (χ1) is 9.90. The first-order valence-electron chi connectivity index (χ1n) is 7.05. The highest BCUT2D eigenvalue weighted by atomic mass is 19.1. The molecule has 116 valence electrons. The second-order valence-corrected chi connectivity index (χ2v) is 5.53. The van der Waals surface area contributed by atoms with Gasteiger partial charge in [0.25, 0.3) is 0 Å². The Balaban J connectivity index is 2.07. The zero-order valence-corrected chi connectivity index (χ0v) is 12.3. The predicted molar refractivity (Wildman–Crippen MR) is 77.8 cm³/mol. The molecule has 1 aromatic rings. The fraction of sp³-hybridized carbons (Fsp3) is 0.533. The van der Waals surface area contributed by atoms with E-state index in [4.69, 9.17) is 15.2 Å². The zero-order chi connectivity index (χ0) is 15.5. The lowest BCUT2D eigenvalue weighted by molar-refractivity contribution is -0.124. The number of hydrogen-bond donors (Lipinski definition) is 2. The van der Waals surface area contributed by atoms with Gasteiger partial charge in [-0.05, 0) is 38.8 Å². The Morgan fingerprint density at radius 1 is 1.43 bits per heavy atom. The molecule has 6 heteroatoms. The van der Waals surface area contributed by atoms with Crippen LogP contribution in [0.5, 0.6) is 5.75 Å². The molecule has 2 rings (SSSR count). The molecule has 1 fully saturated rings. The van der Waals surface area contributed by atoms with Gasteiger partial charge < -0.3 is 20.5 Å². The lowest BCUT2D eigenvalue weighted by Crippen LogP contribution is -2.54. The fourth-order valence-electron chi connectivity index (χ4n) is 2.15. The summed E-state index contributed by atoms with van der Waals surface area (Å²) in [6.45, 7) is 4.59. The van der Waals surface area contributed by atoms with E-state index in [1.54, 1.807) is 6.07 Å². The van der Waals surface area contributed by atoms with Crippen LogP contribution in [-0.2, 0) is 9.53 Å². The molecule has 5 nitrogen and oxygen atoms in total. The zero-order valence-electron chi connectivity index (χ0n) is 12.3. The standard InChI is InChI=1S/C15H21FN2O3/c1-10(2)21-11-3-4-13(12(16)9-11)18-14(19)15(17)5-7-20-8-6-15/h3-4,9-10H,5-8,17H2,1-2H3,(H,18,19). The van der Waals surface area contributed by atoms with Crippen LogP contribution in [-0.4, -0.2) is 30.8 Å². The monoisotopic (exact) mass is 296 g/mol. The summed E-state index contributed by atoms with van der Waals surface area (Å²) in [6.07, 6.45) is 0.809. The minimum atomic E-state index is -1.00. The number of carbonyl (C=O) groups is 1. The molecule has 1 aliphatic rings. The molecule has 0 aromatic heterocycles. The third-order valence-electron chi connectivity index (χ3n) is 3.40. The van der Waals surface area contributed by atoms with E-state index in [1.807, 2.05) is 13.8 Å². The molecule has 1 aromatic carbocycles. The van der Waals surface area contributed by atoms with E-state index in [-0.39, 0.29) is 17.7 Å².